The summed E-state index contributed by atoms with van der Waals surface area (Å²) in [6.07, 6.45) is -0.0271. The summed E-state index contributed by atoms with van der Waals surface area (Å²) in [5.41, 5.74) is 12.0. The molecule has 0 radical (unpaired) electrons. The summed E-state index contributed by atoms with van der Waals surface area (Å²) in [6, 6.07) is 4.09. The van der Waals surface area contributed by atoms with Crippen LogP contribution in [0.25, 0.3) is 0 Å². The fraction of sp³-hybridized carbons (Fsp3) is 0.333. The number of aromatic nitrogens is 2. The maximum atomic E-state index is 13.9. The number of hydrogen-bond donors (Lipinski definition) is 3. The number of nitrogens with one attached hydrogen (secondary N) is 1. The standard InChI is InChI=1S/C15H18F2N6/c1-20-8-6-23(7-8)14-10(13(18)21-15(19)22-14)5-9-11(16)3-2-4-12(9)17/h2-4,8,20H,5-7H2,1H3,(H4,18,19,21,22). The van der Waals surface area contributed by atoms with Crippen LogP contribution in [-0.2, 0) is 6.42 Å². The lowest BCUT2D eigenvalue weighted by Gasteiger charge is -2.41. The van der Waals surface area contributed by atoms with Crippen LogP contribution in [0.3, 0.4) is 0 Å². The first kappa shape index (κ1) is 15.4. The average molecular weight is 320 g/mol. The number of benzene rings is 1. The van der Waals surface area contributed by atoms with E-state index in [4.69, 9.17) is 11.5 Å². The van der Waals surface area contributed by atoms with Crippen LogP contribution >= 0.6 is 0 Å². The normalized spacial score (nSPS) is 14.8. The minimum absolute atomic E-state index is 0.0271. The molecule has 8 heteroatoms. The van der Waals surface area contributed by atoms with Crippen molar-refractivity contribution in [2.75, 3.05) is 36.5 Å². The van der Waals surface area contributed by atoms with Crippen molar-refractivity contribution in [3.05, 3.63) is 41.0 Å². The molecule has 3 rings (SSSR count). The first-order chi connectivity index (χ1) is 11.0. The molecule has 1 aromatic heterocycles. The number of nitrogen functional groups attached to an aromatic ring is 2. The number of halogens is 2. The zero-order valence-electron chi connectivity index (χ0n) is 12.7. The Morgan fingerprint density at radius 2 is 1.83 bits per heavy atom. The summed E-state index contributed by atoms with van der Waals surface area (Å²) in [4.78, 5) is 10.1. The van der Waals surface area contributed by atoms with Gasteiger partial charge in [-0.15, -0.1) is 0 Å². The lowest BCUT2D eigenvalue weighted by Crippen LogP contribution is -2.57. The van der Waals surface area contributed by atoms with Crippen molar-refractivity contribution in [2.24, 2.45) is 0 Å². The fourth-order valence-corrected chi connectivity index (χ4v) is 2.65. The van der Waals surface area contributed by atoms with Crippen molar-refractivity contribution >= 4 is 17.6 Å². The van der Waals surface area contributed by atoms with Gasteiger partial charge in [-0.05, 0) is 19.2 Å². The quantitative estimate of drug-likeness (QED) is 0.776. The van der Waals surface area contributed by atoms with E-state index in [9.17, 15) is 8.78 Å². The van der Waals surface area contributed by atoms with Crippen molar-refractivity contribution in [1.29, 1.82) is 0 Å². The van der Waals surface area contributed by atoms with Crippen molar-refractivity contribution in [2.45, 2.75) is 12.5 Å². The molecule has 5 N–H and O–H groups in total. The molecule has 6 nitrogen and oxygen atoms in total. The monoisotopic (exact) mass is 320 g/mol. The van der Waals surface area contributed by atoms with E-state index >= 15 is 0 Å². The van der Waals surface area contributed by atoms with Crippen molar-refractivity contribution in [3.8, 4) is 0 Å². The van der Waals surface area contributed by atoms with Crippen LogP contribution in [0, 0.1) is 11.6 Å². The van der Waals surface area contributed by atoms with Gasteiger partial charge < -0.3 is 21.7 Å². The van der Waals surface area contributed by atoms with E-state index in [0.717, 1.165) is 13.1 Å². The largest absolute Gasteiger partial charge is 0.383 e. The highest BCUT2D eigenvalue weighted by molar-refractivity contribution is 5.62. The number of anilines is 3. The van der Waals surface area contributed by atoms with Gasteiger partial charge in [-0.2, -0.15) is 9.97 Å². The lowest BCUT2D eigenvalue weighted by molar-refractivity contribution is 0.446. The second-order valence-corrected chi connectivity index (χ2v) is 5.54. The first-order valence-electron chi connectivity index (χ1n) is 7.26. The third-order valence-corrected chi connectivity index (χ3v) is 4.04. The zero-order chi connectivity index (χ0) is 16.6. The summed E-state index contributed by atoms with van der Waals surface area (Å²) < 4.78 is 27.8. The maximum absolute atomic E-state index is 13.9. The Hall–Kier alpha value is -2.48. The smallest absolute Gasteiger partial charge is 0.223 e. The van der Waals surface area contributed by atoms with Crippen LogP contribution in [0.15, 0.2) is 18.2 Å². The van der Waals surface area contributed by atoms with Crippen LogP contribution in [0.2, 0.25) is 0 Å². The molecule has 122 valence electrons. The molecule has 0 atom stereocenters. The Morgan fingerprint density at radius 3 is 2.43 bits per heavy atom. The topological polar surface area (TPSA) is 93.1 Å². The highest BCUT2D eigenvalue weighted by Gasteiger charge is 2.30. The molecule has 0 unspecified atom stereocenters. The fourth-order valence-electron chi connectivity index (χ4n) is 2.65. The Balaban J connectivity index is 1.98. The molecule has 1 saturated heterocycles. The number of likely N-dealkylation sites (N-methyl/N-ethyl adjacent to an activating group) is 1. The maximum Gasteiger partial charge on any atom is 0.223 e. The molecule has 0 spiro atoms. The van der Waals surface area contributed by atoms with Gasteiger partial charge in [-0.25, -0.2) is 8.78 Å². The van der Waals surface area contributed by atoms with E-state index in [1.165, 1.54) is 18.2 Å². The summed E-state index contributed by atoms with van der Waals surface area (Å²) in [7, 11) is 1.88. The molecular formula is C15H18F2N6. The van der Waals surface area contributed by atoms with Crippen LogP contribution in [-0.4, -0.2) is 36.1 Å². The molecule has 1 aliphatic rings. The third kappa shape index (κ3) is 2.89. The number of hydrogen-bond acceptors (Lipinski definition) is 6. The molecular weight excluding hydrogens is 302 g/mol. The Bertz CT molecular complexity index is 710. The first-order valence-corrected chi connectivity index (χ1v) is 7.26. The Morgan fingerprint density at radius 1 is 1.17 bits per heavy atom. The third-order valence-electron chi connectivity index (χ3n) is 4.04. The zero-order valence-corrected chi connectivity index (χ0v) is 12.7. The predicted octanol–water partition coefficient (Wildman–Crippen LogP) is 0.918. The summed E-state index contributed by atoms with van der Waals surface area (Å²) in [5.74, 6) is -0.525. The Kier molecular flexibility index (Phi) is 3.99. The predicted molar refractivity (Wildman–Crippen MR) is 85.1 cm³/mol. The van der Waals surface area contributed by atoms with Gasteiger partial charge in [0.15, 0.2) is 0 Å². The van der Waals surface area contributed by atoms with E-state index in [-0.39, 0.29) is 23.8 Å². The van der Waals surface area contributed by atoms with Crippen molar-refractivity contribution in [3.63, 3.8) is 0 Å². The number of nitrogens with two attached hydrogens (primary N) is 2. The molecule has 23 heavy (non-hydrogen) atoms. The molecule has 0 bridgehead atoms. The van der Waals surface area contributed by atoms with E-state index < -0.39 is 11.6 Å². The van der Waals surface area contributed by atoms with Gasteiger partial charge >= 0.3 is 0 Å². The number of rotatable bonds is 4. The minimum Gasteiger partial charge on any atom is -0.383 e. The van der Waals surface area contributed by atoms with Gasteiger partial charge in [0.25, 0.3) is 0 Å². The van der Waals surface area contributed by atoms with E-state index in [1.54, 1.807) is 0 Å². The van der Waals surface area contributed by atoms with E-state index in [0.29, 0.717) is 17.4 Å². The molecule has 1 fully saturated rings. The number of nitrogens with zero attached hydrogens (tertiary/aromatic N) is 3. The Labute approximate surface area is 132 Å². The van der Waals surface area contributed by atoms with Gasteiger partial charge in [0.05, 0.1) is 0 Å². The minimum atomic E-state index is -0.621. The van der Waals surface area contributed by atoms with Crippen LogP contribution < -0.4 is 21.7 Å². The van der Waals surface area contributed by atoms with Crippen LogP contribution in [0.1, 0.15) is 11.1 Å². The van der Waals surface area contributed by atoms with Crippen molar-refractivity contribution in [1.82, 2.24) is 15.3 Å². The summed E-state index contributed by atoms with van der Waals surface area (Å²) in [5, 5.41) is 3.15. The SMILES string of the molecule is CNC1CN(c2nc(N)nc(N)c2Cc2c(F)cccc2F)C1. The summed E-state index contributed by atoms with van der Waals surface area (Å²) >= 11 is 0. The van der Waals surface area contributed by atoms with Crippen LogP contribution in [0.4, 0.5) is 26.4 Å². The second kappa shape index (κ2) is 5.96. The van der Waals surface area contributed by atoms with Gasteiger partial charge in [-0.3, -0.25) is 0 Å². The molecule has 0 saturated carbocycles. The van der Waals surface area contributed by atoms with Gasteiger partial charge in [0.2, 0.25) is 5.95 Å². The summed E-state index contributed by atoms with van der Waals surface area (Å²) in [6.45, 7) is 1.44. The van der Waals surface area contributed by atoms with E-state index in [2.05, 4.69) is 15.3 Å². The van der Waals surface area contributed by atoms with Gasteiger partial charge in [0.1, 0.15) is 23.3 Å². The van der Waals surface area contributed by atoms with E-state index in [1.807, 2.05) is 11.9 Å². The van der Waals surface area contributed by atoms with Gasteiger partial charge in [0, 0.05) is 36.7 Å². The molecule has 0 amide bonds. The average Bonchev–Trinajstić information content (AvgIpc) is 2.44. The van der Waals surface area contributed by atoms with Crippen LogP contribution in [0.5, 0.6) is 0 Å². The molecule has 2 aromatic rings. The molecule has 1 aromatic carbocycles. The molecule has 0 aliphatic carbocycles. The molecule has 1 aliphatic heterocycles. The van der Waals surface area contributed by atoms with Crippen molar-refractivity contribution < 1.29 is 8.78 Å². The highest BCUT2D eigenvalue weighted by Crippen LogP contribution is 2.30. The molecule has 2 heterocycles. The lowest BCUT2D eigenvalue weighted by atomic mass is 10.0. The second-order valence-electron chi connectivity index (χ2n) is 5.54. The van der Waals surface area contributed by atoms with Gasteiger partial charge in [-0.1, -0.05) is 6.07 Å². The highest BCUT2D eigenvalue weighted by atomic mass is 19.1.